The van der Waals surface area contributed by atoms with Crippen molar-refractivity contribution < 1.29 is 4.42 Å². The summed E-state index contributed by atoms with van der Waals surface area (Å²) in [6.07, 6.45) is 4.09. The number of H-pyrrole nitrogens is 1. The van der Waals surface area contributed by atoms with Crippen LogP contribution < -0.4 is 16.0 Å². The normalized spacial score (nSPS) is 15.3. The lowest BCUT2D eigenvalue weighted by molar-refractivity contribution is 0.440. The van der Waals surface area contributed by atoms with Gasteiger partial charge >= 0.3 is 5.76 Å². The molecule has 0 aliphatic carbocycles. The van der Waals surface area contributed by atoms with Crippen molar-refractivity contribution >= 4 is 28.0 Å². The van der Waals surface area contributed by atoms with Crippen LogP contribution in [0.15, 0.2) is 51.8 Å². The summed E-state index contributed by atoms with van der Waals surface area (Å²) < 4.78 is 5.17. The van der Waals surface area contributed by atoms with E-state index in [0.29, 0.717) is 17.1 Å². The van der Waals surface area contributed by atoms with Crippen LogP contribution in [-0.4, -0.2) is 41.1 Å². The van der Waals surface area contributed by atoms with Crippen molar-refractivity contribution in [3.05, 3.63) is 53.1 Å². The third kappa shape index (κ3) is 3.03. The van der Waals surface area contributed by atoms with E-state index >= 15 is 0 Å². The summed E-state index contributed by atoms with van der Waals surface area (Å²) in [6.45, 7) is 2.08. The van der Waals surface area contributed by atoms with Crippen LogP contribution in [0, 0.1) is 0 Å². The fourth-order valence-electron chi connectivity index (χ4n) is 3.86. The molecule has 0 radical (unpaired) electrons. The number of oxazole rings is 1. The lowest BCUT2D eigenvalue weighted by atomic mass is 10.0. The van der Waals surface area contributed by atoms with Gasteiger partial charge in [-0.3, -0.25) is 4.98 Å². The Labute approximate surface area is 161 Å². The summed E-state index contributed by atoms with van der Waals surface area (Å²) in [4.78, 5) is 25.6. The van der Waals surface area contributed by atoms with E-state index < -0.39 is 5.76 Å². The van der Waals surface area contributed by atoms with Gasteiger partial charge in [0.2, 0.25) is 5.95 Å². The molecule has 0 unspecified atom stereocenters. The highest BCUT2D eigenvalue weighted by Crippen LogP contribution is 2.27. The Morgan fingerprint density at radius 2 is 1.89 bits per heavy atom. The molecule has 7 heteroatoms. The van der Waals surface area contributed by atoms with Crippen LogP contribution >= 0.6 is 0 Å². The zero-order valence-corrected chi connectivity index (χ0v) is 15.6. The molecule has 4 aromatic rings. The van der Waals surface area contributed by atoms with Gasteiger partial charge in [0.05, 0.1) is 11.0 Å². The Morgan fingerprint density at radius 1 is 1.11 bits per heavy atom. The Morgan fingerprint density at radius 3 is 2.75 bits per heavy atom. The second-order valence-corrected chi connectivity index (χ2v) is 7.26. The van der Waals surface area contributed by atoms with Gasteiger partial charge in [0.25, 0.3) is 0 Å². The number of anilines is 1. The molecule has 2 aromatic heterocycles. The third-order valence-corrected chi connectivity index (χ3v) is 5.49. The van der Waals surface area contributed by atoms with Gasteiger partial charge in [0.1, 0.15) is 0 Å². The van der Waals surface area contributed by atoms with E-state index in [1.165, 1.54) is 0 Å². The van der Waals surface area contributed by atoms with Gasteiger partial charge < -0.3 is 14.6 Å². The second-order valence-electron chi connectivity index (χ2n) is 7.26. The maximum absolute atomic E-state index is 11.4. The van der Waals surface area contributed by atoms with Crippen molar-refractivity contribution in [3.8, 4) is 11.1 Å². The SMILES string of the molecule is CN(c1ncc2cc(-c3ccc4[nH]c(=O)oc4c3)ccc2n1)C1CCNCC1. The number of nitrogens with zero attached hydrogens (tertiary/aromatic N) is 3. The van der Waals surface area contributed by atoms with Crippen LogP contribution in [0.5, 0.6) is 0 Å². The number of rotatable bonds is 3. The van der Waals surface area contributed by atoms with E-state index in [1.807, 2.05) is 36.5 Å². The van der Waals surface area contributed by atoms with Crippen molar-refractivity contribution in [2.45, 2.75) is 18.9 Å². The minimum atomic E-state index is -0.440. The number of hydrogen-bond acceptors (Lipinski definition) is 6. The molecule has 0 spiro atoms. The maximum Gasteiger partial charge on any atom is 0.417 e. The highest BCUT2D eigenvalue weighted by molar-refractivity contribution is 5.87. The molecule has 28 heavy (non-hydrogen) atoms. The number of piperidine rings is 1. The van der Waals surface area contributed by atoms with Gasteiger partial charge in [0, 0.05) is 24.7 Å². The predicted molar refractivity (Wildman–Crippen MR) is 110 cm³/mol. The van der Waals surface area contributed by atoms with Crippen LogP contribution in [0.3, 0.4) is 0 Å². The first kappa shape index (κ1) is 16.9. The quantitative estimate of drug-likeness (QED) is 0.573. The summed E-state index contributed by atoms with van der Waals surface area (Å²) in [5, 5.41) is 4.37. The third-order valence-electron chi connectivity index (χ3n) is 5.49. The number of hydrogen-bond donors (Lipinski definition) is 2. The molecule has 2 N–H and O–H groups in total. The summed E-state index contributed by atoms with van der Waals surface area (Å²) in [5.74, 6) is 0.326. The lowest BCUT2D eigenvalue weighted by Gasteiger charge is -2.31. The molecular formula is C21H21N5O2. The minimum Gasteiger partial charge on any atom is -0.408 e. The van der Waals surface area contributed by atoms with E-state index in [4.69, 9.17) is 9.40 Å². The Kier molecular flexibility index (Phi) is 4.09. The number of aromatic nitrogens is 3. The van der Waals surface area contributed by atoms with Crippen molar-refractivity contribution in [3.63, 3.8) is 0 Å². The Bertz CT molecular complexity index is 1210. The number of benzene rings is 2. The molecule has 142 valence electrons. The van der Waals surface area contributed by atoms with Crippen LogP contribution in [0.4, 0.5) is 5.95 Å². The fraction of sp³-hybridized carbons (Fsp3) is 0.286. The van der Waals surface area contributed by atoms with E-state index in [9.17, 15) is 4.79 Å². The largest absolute Gasteiger partial charge is 0.417 e. The summed E-state index contributed by atoms with van der Waals surface area (Å²) in [7, 11) is 2.07. The molecule has 7 nitrogen and oxygen atoms in total. The molecule has 0 amide bonds. The molecule has 0 saturated carbocycles. The molecule has 0 bridgehead atoms. The molecule has 0 atom stereocenters. The van der Waals surface area contributed by atoms with E-state index in [-0.39, 0.29) is 0 Å². The monoisotopic (exact) mass is 375 g/mol. The van der Waals surface area contributed by atoms with Crippen molar-refractivity contribution in [2.75, 3.05) is 25.0 Å². The first-order chi connectivity index (χ1) is 13.7. The smallest absolute Gasteiger partial charge is 0.408 e. The standard InChI is InChI=1S/C21H21N5O2/c1-26(16-6-8-22-9-7-16)20-23-12-15-10-13(2-4-17(15)24-20)14-3-5-18-19(11-14)28-21(27)25-18/h2-5,10-12,16,22H,6-9H2,1H3,(H,25,27). The summed E-state index contributed by atoms with van der Waals surface area (Å²) in [5.41, 5.74) is 4.18. The van der Waals surface area contributed by atoms with E-state index in [2.05, 4.69) is 33.3 Å². The molecule has 3 heterocycles. The maximum atomic E-state index is 11.4. The average Bonchev–Trinajstić information content (AvgIpc) is 3.12. The minimum absolute atomic E-state index is 0.440. The Balaban J connectivity index is 1.48. The average molecular weight is 375 g/mol. The second kappa shape index (κ2) is 6.76. The van der Waals surface area contributed by atoms with Gasteiger partial charge in [-0.1, -0.05) is 12.1 Å². The van der Waals surface area contributed by atoms with E-state index in [0.717, 1.165) is 53.9 Å². The lowest BCUT2D eigenvalue weighted by Crippen LogP contribution is -2.41. The van der Waals surface area contributed by atoms with Gasteiger partial charge in [0.15, 0.2) is 5.58 Å². The highest BCUT2D eigenvalue weighted by atomic mass is 16.4. The molecular weight excluding hydrogens is 354 g/mol. The molecule has 1 aliphatic rings. The predicted octanol–water partition coefficient (Wildman–Crippen LogP) is 2.92. The first-order valence-corrected chi connectivity index (χ1v) is 9.51. The topological polar surface area (TPSA) is 87.1 Å². The number of nitrogens with one attached hydrogen (secondary N) is 2. The molecule has 1 saturated heterocycles. The van der Waals surface area contributed by atoms with Crippen molar-refractivity contribution in [1.82, 2.24) is 20.3 Å². The first-order valence-electron chi connectivity index (χ1n) is 9.51. The zero-order chi connectivity index (χ0) is 19.1. The van der Waals surface area contributed by atoms with E-state index in [1.54, 1.807) is 0 Å². The van der Waals surface area contributed by atoms with Gasteiger partial charge in [-0.2, -0.15) is 0 Å². The highest BCUT2D eigenvalue weighted by Gasteiger charge is 2.20. The van der Waals surface area contributed by atoms with Crippen LogP contribution in [0.1, 0.15) is 12.8 Å². The summed E-state index contributed by atoms with van der Waals surface area (Å²) >= 11 is 0. The Hall–Kier alpha value is -3.19. The molecule has 2 aromatic carbocycles. The van der Waals surface area contributed by atoms with Gasteiger partial charge in [-0.25, -0.2) is 14.8 Å². The number of aromatic amines is 1. The summed E-state index contributed by atoms with van der Waals surface area (Å²) in [6, 6.07) is 12.3. The van der Waals surface area contributed by atoms with Crippen LogP contribution in [0.2, 0.25) is 0 Å². The van der Waals surface area contributed by atoms with Crippen molar-refractivity contribution in [1.29, 1.82) is 0 Å². The van der Waals surface area contributed by atoms with Crippen LogP contribution in [0.25, 0.3) is 33.1 Å². The zero-order valence-electron chi connectivity index (χ0n) is 15.6. The van der Waals surface area contributed by atoms with Crippen molar-refractivity contribution in [2.24, 2.45) is 0 Å². The fourth-order valence-corrected chi connectivity index (χ4v) is 3.86. The molecule has 1 aliphatic heterocycles. The molecule has 1 fully saturated rings. The van der Waals surface area contributed by atoms with Gasteiger partial charge in [-0.05, 0) is 61.3 Å². The molecule has 5 rings (SSSR count). The number of fused-ring (bicyclic) bond motifs is 2. The van der Waals surface area contributed by atoms with Gasteiger partial charge in [-0.15, -0.1) is 0 Å². The van der Waals surface area contributed by atoms with Crippen LogP contribution in [-0.2, 0) is 0 Å².